The number of hydrogen-bond donors (Lipinski definition) is 0. The number of carbonyl (C=O) groups is 2. The summed E-state index contributed by atoms with van der Waals surface area (Å²) < 4.78 is 6.88. The van der Waals surface area contributed by atoms with Gasteiger partial charge < -0.3 is 4.42 Å². The predicted octanol–water partition coefficient (Wildman–Crippen LogP) is 3.84. The Kier molecular flexibility index (Phi) is 4.06. The Labute approximate surface area is 186 Å². The maximum atomic E-state index is 12.8. The zero-order valence-corrected chi connectivity index (χ0v) is 17.0. The molecule has 5 aromatic rings. The van der Waals surface area contributed by atoms with E-state index in [-0.39, 0.29) is 11.3 Å². The molecule has 3 aromatic carbocycles. The van der Waals surface area contributed by atoms with Crippen LogP contribution in [0.3, 0.4) is 0 Å². The van der Waals surface area contributed by atoms with Crippen LogP contribution >= 0.6 is 0 Å². The van der Waals surface area contributed by atoms with Crippen molar-refractivity contribution in [2.45, 2.75) is 0 Å². The fraction of sp³-hybridized carbons (Fsp3) is 0. The minimum atomic E-state index is -0.619. The van der Waals surface area contributed by atoms with E-state index in [4.69, 9.17) is 4.42 Å². The Balaban J connectivity index is 1.39. The molecule has 158 valence electrons. The van der Waals surface area contributed by atoms with Crippen LogP contribution in [-0.4, -0.2) is 26.6 Å². The maximum Gasteiger partial charge on any atom is 0.362 e. The SMILES string of the molecule is O=C1c2ccccc2C(=O)N1c1ccc2cc(-n3cnc(-c4ccccc4)n3)c(=O)oc2c1. The molecule has 1 aliphatic heterocycles. The van der Waals surface area contributed by atoms with Gasteiger partial charge in [0, 0.05) is 17.0 Å². The van der Waals surface area contributed by atoms with Crippen LogP contribution in [-0.2, 0) is 0 Å². The van der Waals surface area contributed by atoms with Gasteiger partial charge in [0.15, 0.2) is 11.5 Å². The van der Waals surface area contributed by atoms with Gasteiger partial charge in [-0.25, -0.2) is 19.4 Å². The van der Waals surface area contributed by atoms with Crippen molar-refractivity contribution in [1.82, 2.24) is 14.8 Å². The third-order valence-electron chi connectivity index (χ3n) is 5.52. The molecule has 0 saturated heterocycles. The Morgan fingerprint density at radius 3 is 2.18 bits per heavy atom. The number of rotatable bonds is 3. The Bertz CT molecular complexity index is 1600. The molecule has 0 aliphatic carbocycles. The molecule has 2 aromatic heterocycles. The first-order valence-electron chi connectivity index (χ1n) is 10.1. The van der Waals surface area contributed by atoms with Gasteiger partial charge in [0.25, 0.3) is 11.8 Å². The molecule has 1 aliphatic rings. The molecule has 0 radical (unpaired) electrons. The molecule has 0 unspecified atom stereocenters. The summed E-state index contributed by atoms with van der Waals surface area (Å²) in [7, 11) is 0. The fourth-order valence-electron chi connectivity index (χ4n) is 3.91. The fourth-order valence-corrected chi connectivity index (χ4v) is 3.91. The van der Waals surface area contributed by atoms with E-state index >= 15 is 0 Å². The zero-order valence-electron chi connectivity index (χ0n) is 17.0. The summed E-state index contributed by atoms with van der Waals surface area (Å²) in [6, 6.07) is 22.6. The number of anilines is 1. The summed E-state index contributed by atoms with van der Waals surface area (Å²) in [5, 5.41) is 5.00. The highest BCUT2D eigenvalue weighted by atomic mass is 16.4. The average Bonchev–Trinajstić information content (AvgIpc) is 3.43. The van der Waals surface area contributed by atoms with Crippen LogP contribution in [0.5, 0.6) is 0 Å². The molecule has 33 heavy (non-hydrogen) atoms. The third-order valence-corrected chi connectivity index (χ3v) is 5.52. The van der Waals surface area contributed by atoms with E-state index in [1.54, 1.807) is 42.5 Å². The molecule has 2 amide bonds. The van der Waals surface area contributed by atoms with Crippen LogP contribution in [0.25, 0.3) is 28.0 Å². The van der Waals surface area contributed by atoms with Crippen LogP contribution in [0.4, 0.5) is 5.69 Å². The van der Waals surface area contributed by atoms with Crippen molar-refractivity contribution in [3.8, 4) is 17.1 Å². The van der Waals surface area contributed by atoms with Gasteiger partial charge >= 0.3 is 5.63 Å². The number of amides is 2. The van der Waals surface area contributed by atoms with Crippen molar-refractivity contribution in [2.75, 3.05) is 4.90 Å². The van der Waals surface area contributed by atoms with Gasteiger partial charge in [0.05, 0.1) is 16.8 Å². The number of nitrogens with zero attached hydrogens (tertiary/aromatic N) is 4. The van der Waals surface area contributed by atoms with Crippen LogP contribution in [0.1, 0.15) is 20.7 Å². The van der Waals surface area contributed by atoms with E-state index in [0.29, 0.717) is 28.0 Å². The number of fused-ring (bicyclic) bond motifs is 2. The predicted molar refractivity (Wildman–Crippen MR) is 120 cm³/mol. The first kappa shape index (κ1) is 18.9. The standard InChI is InChI=1S/C25H14N4O4/c30-23-18-8-4-5-9-19(18)24(31)29(23)17-11-10-16-12-20(25(32)33-21(16)13-17)28-14-26-22(27-28)15-6-2-1-3-7-15/h1-14H. The summed E-state index contributed by atoms with van der Waals surface area (Å²) in [5.74, 6) is -0.342. The monoisotopic (exact) mass is 434 g/mol. The molecule has 8 nitrogen and oxygen atoms in total. The highest BCUT2D eigenvalue weighted by molar-refractivity contribution is 6.34. The molecule has 0 N–H and O–H groups in total. The van der Waals surface area contributed by atoms with Crippen molar-refractivity contribution < 1.29 is 14.0 Å². The highest BCUT2D eigenvalue weighted by Crippen LogP contribution is 2.30. The van der Waals surface area contributed by atoms with E-state index in [0.717, 1.165) is 10.5 Å². The van der Waals surface area contributed by atoms with Crippen molar-refractivity contribution in [2.24, 2.45) is 0 Å². The molecule has 3 heterocycles. The second kappa shape index (κ2) is 7.10. The summed E-state index contributed by atoms with van der Waals surface area (Å²) in [5.41, 5.74) is 1.68. The van der Waals surface area contributed by atoms with Crippen molar-refractivity contribution in [3.05, 3.63) is 107 Å². The van der Waals surface area contributed by atoms with Gasteiger partial charge in [-0.05, 0) is 30.3 Å². The van der Waals surface area contributed by atoms with Crippen LogP contribution in [0.2, 0.25) is 0 Å². The van der Waals surface area contributed by atoms with E-state index < -0.39 is 17.4 Å². The van der Waals surface area contributed by atoms with E-state index in [9.17, 15) is 14.4 Å². The Morgan fingerprint density at radius 1 is 0.758 bits per heavy atom. The lowest BCUT2D eigenvalue weighted by Gasteiger charge is -2.14. The van der Waals surface area contributed by atoms with Crippen LogP contribution < -0.4 is 10.5 Å². The van der Waals surface area contributed by atoms with Gasteiger partial charge in [-0.3, -0.25) is 9.59 Å². The molecule has 0 spiro atoms. The number of imide groups is 1. The van der Waals surface area contributed by atoms with E-state index in [1.807, 2.05) is 30.3 Å². The summed E-state index contributed by atoms with van der Waals surface area (Å²) in [4.78, 5) is 43.6. The molecule has 6 rings (SSSR count). The van der Waals surface area contributed by atoms with E-state index in [1.165, 1.54) is 17.1 Å². The quantitative estimate of drug-likeness (QED) is 0.316. The Morgan fingerprint density at radius 2 is 1.45 bits per heavy atom. The number of benzene rings is 3. The first-order chi connectivity index (χ1) is 16.1. The second-order valence-corrected chi connectivity index (χ2v) is 7.51. The minimum Gasteiger partial charge on any atom is -0.421 e. The lowest BCUT2D eigenvalue weighted by molar-refractivity contribution is 0.0926. The average molecular weight is 434 g/mol. The summed E-state index contributed by atoms with van der Waals surface area (Å²) >= 11 is 0. The summed E-state index contributed by atoms with van der Waals surface area (Å²) in [6.07, 6.45) is 1.45. The number of carbonyl (C=O) groups excluding carboxylic acids is 2. The summed E-state index contributed by atoms with van der Waals surface area (Å²) in [6.45, 7) is 0. The molecular weight excluding hydrogens is 420 g/mol. The lowest BCUT2D eigenvalue weighted by Crippen LogP contribution is -2.29. The topological polar surface area (TPSA) is 98.3 Å². The van der Waals surface area contributed by atoms with E-state index in [2.05, 4.69) is 10.1 Å². The molecule has 0 fully saturated rings. The van der Waals surface area contributed by atoms with Gasteiger partial charge in [0.2, 0.25) is 0 Å². The second-order valence-electron chi connectivity index (χ2n) is 7.51. The van der Waals surface area contributed by atoms with Gasteiger partial charge in [-0.1, -0.05) is 42.5 Å². The normalized spacial score (nSPS) is 13.0. The molecule has 0 saturated carbocycles. The van der Waals surface area contributed by atoms with Crippen LogP contribution in [0.15, 0.2) is 94.4 Å². The molecule has 8 heteroatoms. The zero-order chi connectivity index (χ0) is 22.5. The highest BCUT2D eigenvalue weighted by Gasteiger charge is 2.36. The van der Waals surface area contributed by atoms with Crippen molar-refractivity contribution in [3.63, 3.8) is 0 Å². The van der Waals surface area contributed by atoms with Crippen LogP contribution in [0, 0.1) is 0 Å². The van der Waals surface area contributed by atoms with Gasteiger partial charge in [-0.2, -0.15) is 0 Å². The van der Waals surface area contributed by atoms with Crippen molar-refractivity contribution in [1.29, 1.82) is 0 Å². The minimum absolute atomic E-state index is 0.200. The largest absolute Gasteiger partial charge is 0.421 e. The molecule has 0 atom stereocenters. The first-order valence-corrected chi connectivity index (χ1v) is 10.1. The lowest BCUT2D eigenvalue weighted by atomic mass is 10.1. The van der Waals surface area contributed by atoms with Crippen molar-refractivity contribution >= 4 is 28.5 Å². The number of aromatic nitrogens is 3. The van der Waals surface area contributed by atoms with Gasteiger partial charge in [0.1, 0.15) is 11.9 Å². The smallest absolute Gasteiger partial charge is 0.362 e. The molecule has 0 bridgehead atoms. The van der Waals surface area contributed by atoms with Gasteiger partial charge in [-0.15, -0.1) is 5.10 Å². The maximum absolute atomic E-state index is 12.8. The number of hydrogen-bond acceptors (Lipinski definition) is 6. The molecular formula is C25H14N4O4. The third kappa shape index (κ3) is 2.96. The Hall–Kier alpha value is -4.85.